The number of hydrogen-bond donors (Lipinski definition) is 1. The first-order valence-corrected chi connectivity index (χ1v) is 6.61. The van der Waals surface area contributed by atoms with E-state index in [1.807, 2.05) is 0 Å². The van der Waals surface area contributed by atoms with Crippen molar-refractivity contribution in [1.29, 1.82) is 0 Å². The Morgan fingerprint density at radius 3 is 2.43 bits per heavy atom. The molecule has 2 aromatic heterocycles. The lowest BCUT2D eigenvalue weighted by Gasteiger charge is -2.06. The van der Waals surface area contributed by atoms with Crippen LogP contribution in [0.15, 0.2) is 36.7 Å². The van der Waals surface area contributed by atoms with E-state index in [-0.39, 0.29) is 0 Å². The van der Waals surface area contributed by atoms with Gasteiger partial charge in [-0.3, -0.25) is 4.98 Å². The van der Waals surface area contributed by atoms with Crippen molar-refractivity contribution in [2.45, 2.75) is 6.18 Å². The number of nitrogens with zero attached hydrogens (tertiary/aromatic N) is 1. The monoisotopic (exact) mass is 330 g/mol. The Hall–Kier alpha value is -1.72. The van der Waals surface area contributed by atoms with Crippen molar-refractivity contribution in [2.75, 3.05) is 0 Å². The van der Waals surface area contributed by atoms with Crippen LogP contribution >= 0.6 is 23.2 Å². The summed E-state index contributed by atoms with van der Waals surface area (Å²) in [5.74, 6) is 0. The van der Waals surface area contributed by atoms with Crippen molar-refractivity contribution in [3.8, 4) is 11.1 Å². The van der Waals surface area contributed by atoms with Gasteiger partial charge in [0.1, 0.15) is 5.69 Å². The van der Waals surface area contributed by atoms with E-state index < -0.39 is 11.9 Å². The number of rotatable bonds is 1. The first-order chi connectivity index (χ1) is 9.86. The van der Waals surface area contributed by atoms with Crippen LogP contribution in [0.25, 0.3) is 22.0 Å². The number of alkyl halides is 3. The highest BCUT2D eigenvalue weighted by atomic mass is 35.5. The van der Waals surface area contributed by atoms with Gasteiger partial charge in [0.25, 0.3) is 0 Å². The average molecular weight is 331 g/mol. The topological polar surface area (TPSA) is 28.7 Å². The first kappa shape index (κ1) is 14.2. The van der Waals surface area contributed by atoms with Crippen LogP contribution in [0.5, 0.6) is 0 Å². The van der Waals surface area contributed by atoms with Crippen molar-refractivity contribution in [3.05, 3.63) is 52.4 Å². The predicted octanol–water partition coefficient (Wildman–Crippen LogP) is 5.56. The molecule has 7 heteroatoms. The molecule has 0 atom stereocenters. The minimum absolute atomic E-state index is 0.311. The second-order valence-electron chi connectivity index (χ2n) is 4.46. The Kier molecular flexibility index (Phi) is 3.34. The Bertz CT molecular complexity index is 825. The Labute approximate surface area is 127 Å². The maximum absolute atomic E-state index is 12.7. The molecule has 0 aliphatic carbocycles. The molecule has 3 rings (SSSR count). The van der Waals surface area contributed by atoms with Gasteiger partial charge in [0.2, 0.25) is 0 Å². The fourth-order valence-corrected chi connectivity index (χ4v) is 2.59. The maximum Gasteiger partial charge on any atom is 0.431 e. The van der Waals surface area contributed by atoms with Crippen LogP contribution < -0.4 is 0 Å². The number of benzene rings is 1. The van der Waals surface area contributed by atoms with E-state index in [9.17, 15) is 13.2 Å². The van der Waals surface area contributed by atoms with Crippen LogP contribution in [0.4, 0.5) is 13.2 Å². The molecule has 2 nitrogen and oxygen atoms in total. The van der Waals surface area contributed by atoms with Gasteiger partial charge in [-0.15, -0.1) is 0 Å². The van der Waals surface area contributed by atoms with Gasteiger partial charge >= 0.3 is 6.18 Å². The lowest BCUT2D eigenvalue weighted by atomic mass is 10.1. The van der Waals surface area contributed by atoms with Gasteiger partial charge in [0, 0.05) is 34.4 Å². The summed E-state index contributed by atoms with van der Waals surface area (Å²) in [7, 11) is 0. The summed E-state index contributed by atoms with van der Waals surface area (Å²) in [5.41, 5.74) is 0.686. The molecule has 108 valence electrons. The summed E-state index contributed by atoms with van der Waals surface area (Å²) in [4.78, 5) is 6.18. The average Bonchev–Trinajstić information content (AvgIpc) is 2.81. The maximum atomic E-state index is 12.7. The molecule has 3 aromatic rings. The zero-order valence-electron chi connectivity index (χ0n) is 10.3. The van der Waals surface area contributed by atoms with Crippen molar-refractivity contribution < 1.29 is 13.2 Å². The largest absolute Gasteiger partial charge is 0.431 e. The fourth-order valence-electron chi connectivity index (χ4n) is 2.11. The molecule has 0 saturated carbocycles. The van der Waals surface area contributed by atoms with Crippen LogP contribution in [-0.2, 0) is 6.18 Å². The van der Waals surface area contributed by atoms with Gasteiger partial charge in [0.15, 0.2) is 0 Å². The van der Waals surface area contributed by atoms with Gasteiger partial charge < -0.3 is 4.98 Å². The predicted molar refractivity (Wildman–Crippen MR) is 76.6 cm³/mol. The number of pyridine rings is 1. The van der Waals surface area contributed by atoms with E-state index in [2.05, 4.69) is 9.97 Å². The van der Waals surface area contributed by atoms with E-state index in [4.69, 9.17) is 23.2 Å². The molecule has 0 amide bonds. The molecule has 1 aromatic carbocycles. The quantitative estimate of drug-likeness (QED) is 0.622. The fraction of sp³-hybridized carbons (Fsp3) is 0.0714. The molecule has 21 heavy (non-hydrogen) atoms. The number of nitrogens with one attached hydrogen (secondary N) is 1. The highest BCUT2D eigenvalue weighted by Crippen LogP contribution is 2.37. The van der Waals surface area contributed by atoms with Crippen LogP contribution in [0.1, 0.15) is 5.69 Å². The Balaban J connectivity index is 2.22. The molecule has 0 bridgehead atoms. The van der Waals surface area contributed by atoms with Crippen molar-refractivity contribution in [1.82, 2.24) is 9.97 Å². The second-order valence-corrected chi connectivity index (χ2v) is 5.27. The summed E-state index contributed by atoms with van der Waals surface area (Å²) < 4.78 is 38.2. The van der Waals surface area contributed by atoms with E-state index >= 15 is 0 Å². The number of aromatic nitrogens is 2. The number of fused-ring (bicyclic) bond motifs is 1. The number of H-pyrrole nitrogens is 1. The second kappa shape index (κ2) is 4.93. The number of aromatic amines is 1. The van der Waals surface area contributed by atoms with Crippen molar-refractivity contribution in [3.63, 3.8) is 0 Å². The summed E-state index contributed by atoms with van der Waals surface area (Å²) in [6.45, 7) is 0. The van der Waals surface area contributed by atoms with Gasteiger partial charge in [-0.05, 0) is 24.3 Å². The molecule has 0 unspecified atom stereocenters. The molecule has 0 fully saturated rings. The van der Waals surface area contributed by atoms with E-state index in [0.29, 0.717) is 32.1 Å². The summed E-state index contributed by atoms with van der Waals surface area (Å²) in [6, 6.07) is 5.74. The normalized spacial score (nSPS) is 12.0. The molecular formula is C14H7Cl2F3N2. The van der Waals surface area contributed by atoms with E-state index in [0.717, 1.165) is 6.07 Å². The molecule has 0 spiro atoms. The smallest absolute Gasteiger partial charge is 0.351 e. The van der Waals surface area contributed by atoms with E-state index in [1.165, 1.54) is 12.3 Å². The molecule has 0 saturated heterocycles. The van der Waals surface area contributed by atoms with Crippen molar-refractivity contribution >= 4 is 34.1 Å². The Morgan fingerprint density at radius 2 is 1.76 bits per heavy atom. The van der Waals surface area contributed by atoms with Crippen LogP contribution in [0, 0.1) is 0 Å². The van der Waals surface area contributed by atoms with E-state index in [1.54, 1.807) is 18.3 Å². The summed E-state index contributed by atoms with van der Waals surface area (Å²) >= 11 is 12.2. The first-order valence-electron chi connectivity index (χ1n) is 5.85. The third-order valence-electron chi connectivity index (χ3n) is 3.08. The van der Waals surface area contributed by atoms with Gasteiger partial charge in [-0.2, -0.15) is 13.2 Å². The lowest BCUT2D eigenvalue weighted by molar-refractivity contribution is -0.140. The lowest BCUT2D eigenvalue weighted by Crippen LogP contribution is -2.04. The van der Waals surface area contributed by atoms with Crippen LogP contribution in [0.2, 0.25) is 10.0 Å². The van der Waals surface area contributed by atoms with Crippen LogP contribution in [0.3, 0.4) is 0 Å². The van der Waals surface area contributed by atoms with Crippen molar-refractivity contribution in [2.24, 2.45) is 0 Å². The third-order valence-corrected chi connectivity index (χ3v) is 3.69. The van der Waals surface area contributed by atoms with Crippen LogP contribution in [-0.4, -0.2) is 9.97 Å². The molecule has 0 aliphatic heterocycles. The molecule has 0 radical (unpaired) electrons. The minimum atomic E-state index is -4.43. The zero-order chi connectivity index (χ0) is 15.2. The standard InChI is InChI=1S/C14H7Cl2F3N2/c15-10-5-12-7(4-13(21-12)14(17,18)19)3-9(10)8-1-2-20-6-11(8)16/h1-6,21H. The number of halogens is 5. The molecule has 1 N–H and O–H groups in total. The Morgan fingerprint density at radius 1 is 1.00 bits per heavy atom. The molecule has 0 aliphatic rings. The SMILES string of the molecule is FC(F)(F)c1cc2cc(-c3ccncc3Cl)c(Cl)cc2[nH]1. The minimum Gasteiger partial charge on any atom is -0.351 e. The highest BCUT2D eigenvalue weighted by Gasteiger charge is 2.32. The zero-order valence-corrected chi connectivity index (χ0v) is 11.8. The number of hydrogen-bond acceptors (Lipinski definition) is 1. The van der Waals surface area contributed by atoms with Gasteiger partial charge in [-0.1, -0.05) is 23.2 Å². The van der Waals surface area contributed by atoms with Gasteiger partial charge in [0.05, 0.1) is 10.0 Å². The summed E-state index contributed by atoms with van der Waals surface area (Å²) in [6.07, 6.45) is -1.43. The van der Waals surface area contributed by atoms with Gasteiger partial charge in [-0.25, -0.2) is 0 Å². The highest BCUT2D eigenvalue weighted by molar-refractivity contribution is 6.37. The molecule has 2 heterocycles. The third kappa shape index (κ3) is 2.59. The molecular weight excluding hydrogens is 324 g/mol. The summed E-state index contributed by atoms with van der Waals surface area (Å²) in [5, 5.41) is 1.10.